The van der Waals surface area contributed by atoms with Gasteiger partial charge in [0.1, 0.15) is 5.82 Å². The van der Waals surface area contributed by atoms with Crippen LogP contribution in [0.5, 0.6) is 0 Å². The van der Waals surface area contributed by atoms with Gasteiger partial charge in [-0.25, -0.2) is 4.98 Å². The highest BCUT2D eigenvalue weighted by atomic mass is 16.4. The maximum Gasteiger partial charge on any atom is 0.306 e. The summed E-state index contributed by atoms with van der Waals surface area (Å²) in [6.45, 7) is 2.06. The molecule has 1 aliphatic carbocycles. The molecular weight excluding hydrogens is 264 g/mol. The third-order valence-corrected chi connectivity index (χ3v) is 4.33. The third-order valence-electron chi connectivity index (χ3n) is 4.33. The van der Waals surface area contributed by atoms with Crippen LogP contribution >= 0.6 is 0 Å². The van der Waals surface area contributed by atoms with Crippen molar-refractivity contribution in [1.82, 2.24) is 4.98 Å². The Bertz CT molecular complexity index is 661. The van der Waals surface area contributed by atoms with Gasteiger partial charge in [-0.2, -0.15) is 0 Å². The van der Waals surface area contributed by atoms with Crippen molar-refractivity contribution in [2.75, 3.05) is 5.32 Å². The lowest BCUT2D eigenvalue weighted by Gasteiger charge is -2.27. The number of carboxylic acid groups (broad SMARTS) is 1. The number of rotatable bonds is 3. The Hall–Kier alpha value is -2.10. The Morgan fingerprint density at radius 2 is 1.95 bits per heavy atom. The van der Waals surface area contributed by atoms with Gasteiger partial charge in [0.05, 0.1) is 11.4 Å². The van der Waals surface area contributed by atoms with Crippen LogP contribution < -0.4 is 5.32 Å². The van der Waals surface area contributed by atoms with E-state index in [0.29, 0.717) is 6.04 Å². The van der Waals surface area contributed by atoms with Crippen LogP contribution in [0.25, 0.3) is 10.9 Å². The molecule has 2 N–H and O–H groups in total. The first kappa shape index (κ1) is 13.9. The zero-order valence-electron chi connectivity index (χ0n) is 12.2. The first-order valence-corrected chi connectivity index (χ1v) is 7.49. The van der Waals surface area contributed by atoms with Crippen molar-refractivity contribution < 1.29 is 9.90 Å². The molecule has 1 aromatic heterocycles. The Morgan fingerprint density at radius 3 is 2.67 bits per heavy atom. The van der Waals surface area contributed by atoms with Crippen molar-refractivity contribution in [2.45, 2.75) is 38.6 Å². The number of carbonyl (C=O) groups is 1. The number of aliphatic carboxylic acids is 1. The van der Waals surface area contributed by atoms with Crippen molar-refractivity contribution in [3.63, 3.8) is 0 Å². The molecule has 0 amide bonds. The minimum Gasteiger partial charge on any atom is -0.481 e. The standard InChI is InChI=1S/C17H20N2O2/c1-11-10-13-4-2-3-5-15(13)19-16(11)18-14-8-6-12(7-9-14)17(20)21/h2-5,10,12,14H,6-9H2,1H3,(H,18,19)(H,20,21). The average molecular weight is 284 g/mol. The second kappa shape index (κ2) is 5.72. The number of aryl methyl sites for hydroxylation is 1. The van der Waals surface area contributed by atoms with Gasteiger partial charge in [0.25, 0.3) is 0 Å². The summed E-state index contributed by atoms with van der Waals surface area (Å²) in [6.07, 6.45) is 3.29. The zero-order valence-corrected chi connectivity index (χ0v) is 12.2. The number of aromatic nitrogens is 1. The maximum atomic E-state index is 11.0. The van der Waals surface area contributed by atoms with Crippen molar-refractivity contribution in [3.8, 4) is 0 Å². The summed E-state index contributed by atoms with van der Waals surface area (Å²) < 4.78 is 0. The van der Waals surface area contributed by atoms with Gasteiger partial charge in [0, 0.05) is 11.4 Å². The lowest BCUT2D eigenvalue weighted by Crippen LogP contribution is -2.29. The minimum atomic E-state index is -0.659. The lowest BCUT2D eigenvalue weighted by molar-refractivity contribution is -0.142. The first-order chi connectivity index (χ1) is 10.1. The number of hydrogen-bond acceptors (Lipinski definition) is 3. The topological polar surface area (TPSA) is 62.2 Å². The fourth-order valence-electron chi connectivity index (χ4n) is 3.05. The van der Waals surface area contributed by atoms with Gasteiger partial charge in [0.2, 0.25) is 0 Å². The highest BCUT2D eigenvalue weighted by Gasteiger charge is 2.26. The van der Waals surface area contributed by atoms with Gasteiger partial charge >= 0.3 is 5.97 Å². The van der Waals surface area contributed by atoms with E-state index in [-0.39, 0.29) is 5.92 Å². The molecule has 1 aliphatic rings. The van der Waals surface area contributed by atoms with E-state index in [1.807, 2.05) is 18.2 Å². The van der Waals surface area contributed by atoms with Gasteiger partial charge in [-0.1, -0.05) is 18.2 Å². The van der Waals surface area contributed by atoms with Crippen molar-refractivity contribution >= 4 is 22.7 Å². The molecule has 0 atom stereocenters. The fraction of sp³-hybridized carbons (Fsp3) is 0.412. The molecule has 4 nitrogen and oxygen atoms in total. The molecule has 0 aliphatic heterocycles. The Kier molecular flexibility index (Phi) is 3.78. The Balaban J connectivity index is 1.73. The molecule has 1 aromatic carbocycles. The monoisotopic (exact) mass is 284 g/mol. The molecule has 2 aromatic rings. The van der Waals surface area contributed by atoms with Gasteiger partial charge in [-0.15, -0.1) is 0 Å². The quantitative estimate of drug-likeness (QED) is 0.904. The molecule has 0 bridgehead atoms. The molecule has 0 saturated heterocycles. The van der Waals surface area contributed by atoms with Crippen LogP contribution in [0.4, 0.5) is 5.82 Å². The van der Waals surface area contributed by atoms with Gasteiger partial charge in [-0.3, -0.25) is 4.79 Å². The summed E-state index contributed by atoms with van der Waals surface area (Å²) in [5.74, 6) is 0.0923. The third kappa shape index (κ3) is 2.99. The maximum absolute atomic E-state index is 11.0. The normalized spacial score (nSPS) is 22.1. The van der Waals surface area contributed by atoms with E-state index >= 15 is 0 Å². The predicted octanol–water partition coefficient (Wildman–Crippen LogP) is 3.60. The number of nitrogens with one attached hydrogen (secondary N) is 1. The molecular formula is C17H20N2O2. The summed E-state index contributed by atoms with van der Waals surface area (Å²) in [4.78, 5) is 15.7. The molecule has 21 heavy (non-hydrogen) atoms. The van der Waals surface area contributed by atoms with Crippen LogP contribution in [-0.4, -0.2) is 22.1 Å². The van der Waals surface area contributed by atoms with Crippen LogP contribution in [-0.2, 0) is 4.79 Å². The largest absolute Gasteiger partial charge is 0.481 e. The second-order valence-electron chi connectivity index (χ2n) is 5.88. The van der Waals surface area contributed by atoms with E-state index in [1.54, 1.807) is 0 Å². The molecule has 0 radical (unpaired) electrons. The van der Waals surface area contributed by atoms with Gasteiger partial charge in [-0.05, 0) is 50.3 Å². The number of nitrogens with zero attached hydrogens (tertiary/aromatic N) is 1. The number of para-hydroxylation sites is 1. The van der Waals surface area contributed by atoms with Crippen molar-refractivity contribution in [1.29, 1.82) is 0 Å². The van der Waals surface area contributed by atoms with Gasteiger partial charge < -0.3 is 10.4 Å². The van der Waals surface area contributed by atoms with Crippen molar-refractivity contribution in [3.05, 3.63) is 35.9 Å². The van der Waals surface area contributed by atoms with Crippen LogP contribution in [0, 0.1) is 12.8 Å². The predicted molar refractivity (Wildman–Crippen MR) is 83.5 cm³/mol. The summed E-state index contributed by atoms with van der Waals surface area (Å²) in [6, 6.07) is 10.6. The van der Waals surface area contributed by atoms with Crippen LogP contribution in [0.15, 0.2) is 30.3 Å². The van der Waals surface area contributed by atoms with E-state index < -0.39 is 5.97 Å². The molecule has 1 fully saturated rings. The highest BCUT2D eigenvalue weighted by Crippen LogP contribution is 2.28. The van der Waals surface area contributed by atoms with E-state index in [9.17, 15) is 4.79 Å². The number of benzene rings is 1. The van der Waals surface area contributed by atoms with E-state index in [2.05, 4.69) is 24.4 Å². The summed E-state index contributed by atoms with van der Waals surface area (Å²) in [5.41, 5.74) is 2.12. The summed E-state index contributed by atoms with van der Waals surface area (Å²) in [7, 11) is 0. The molecule has 4 heteroatoms. The molecule has 3 rings (SSSR count). The summed E-state index contributed by atoms with van der Waals surface area (Å²) in [5, 5.41) is 13.7. The number of anilines is 1. The number of fused-ring (bicyclic) bond motifs is 1. The smallest absolute Gasteiger partial charge is 0.306 e. The van der Waals surface area contributed by atoms with E-state index in [4.69, 9.17) is 10.1 Å². The first-order valence-electron chi connectivity index (χ1n) is 7.49. The van der Waals surface area contributed by atoms with E-state index in [1.165, 1.54) is 0 Å². The van der Waals surface area contributed by atoms with Crippen LogP contribution in [0.2, 0.25) is 0 Å². The Labute approximate surface area is 124 Å². The van der Waals surface area contributed by atoms with E-state index in [0.717, 1.165) is 48.0 Å². The average Bonchev–Trinajstić information content (AvgIpc) is 2.48. The Morgan fingerprint density at radius 1 is 1.24 bits per heavy atom. The fourth-order valence-corrected chi connectivity index (χ4v) is 3.05. The molecule has 110 valence electrons. The SMILES string of the molecule is Cc1cc2ccccc2nc1NC1CCC(C(=O)O)CC1. The zero-order chi connectivity index (χ0) is 14.8. The summed E-state index contributed by atoms with van der Waals surface area (Å²) >= 11 is 0. The molecule has 1 saturated carbocycles. The molecule has 0 unspecified atom stereocenters. The molecule has 1 heterocycles. The minimum absolute atomic E-state index is 0.172. The lowest BCUT2D eigenvalue weighted by atomic mass is 9.86. The van der Waals surface area contributed by atoms with Crippen molar-refractivity contribution in [2.24, 2.45) is 5.92 Å². The molecule has 0 spiro atoms. The second-order valence-corrected chi connectivity index (χ2v) is 5.88. The highest BCUT2D eigenvalue weighted by molar-refractivity contribution is 5.81. The number of hydrogen-bond donors (Lipinski definition) is 2. The van der Waals surface area contributed by atoms with Crippen LogP contribution in [0.3, 0.4) is 0 Å². The van der Waals surface area contributed by atoms with Crippen LogP contribution in [0.1, 0.15) is 31.2 Å². The number of carboxylic acids is 1. The number of pyridine rings is 1. The van der Waals surface area contributed by atoms with Gasteiger partial charge in [0.15, 0.2) is 0 Å².